The fraction of sp³-hybridized carbons (Fsp3) is 0.362. The van der Waals surface area contributed by atoms with Crippen LogP contribution in [0, 0.1) is 18.8 Å². The number of fused-ring (bicyclic) bond motifs is 18. The third-order valence-corrected chi connectivity index (χ3v) is 18.1. The average Bonchev–Trinajstić information content (AvgIpc) is 3.94. The van der Waals surface area contributed by atoms with E-state index in [2.05, 4.69) is 92.3 Å². The van der Waals surface area contributed by atoms with Gasteiger partial charge >= 0.3 is 0 Å². The number of aryl methyl sites for hydroxylation is 1. The van der Waals surface area contributed by atoms with E-state index in [1.165, 1.54) is 129 Å². The normalized spacial score (nSPS) is 28.4. The lowest BCUT2D eigenvalue weighted by Crippen LogP contribution is -2.25. The van der Waals surface area contributed by atoms with Crippen LogP contribution in [0.5, 0.6) is 0 Å². The smallest absolute Gasteiger partial charge is 0.0605 e. The Bertz CT molecular complexity index is 2700. The van der Waals surface area contributed by atoms with Crippen LogP contribution in [-0.2, 0) is 22.0 Å². The van der Waals surface area contributed by atoms with Crippen LogP contribution in [0.15, 0.2) is 71.6 Å². The summed E-state index contributed by atoms with van der Waals surface area (Å²) in [6, 6.07) is 28.0. The quantitative estimate of drug-likeness (QED) is 0.155. The molecule has 5 aromatic carbocycles. The topological polar surface area (TPSA) is 9.23 Å². The highest BCUT2D eigenvalue weighted by atomic mass is 32.2. The van der Waals surface area contributed by atoms with Crippen molar-refractivity contribution in [2.24, 2.45) is 11.8 Å². The van der Waals surface area contributed by atoms with Gasteiger partial charge in [-0.05, 0) is 174 Å². The first kappa shape index (κ1) is 29.3. The Morgan fingerprint density at radius 1 is 0.588 bits per heavy atom. The molecule has 2 aromatic heterocycles. The maximum atomic E-state index is 6.28. The Kier molecular flexibility index (Phi) is 5.68. The molecule has 4 heteroatoms. The van der Waals surface area contributed by atoms with Gasteiger partial charge in [0.1, 0.15) is 0 Å². The Labute approximate surface area is 311 Å². The first-order chi connectivity index (χ1) is 25.0. The first-order valence-corrected chi connectivity index (χ1v) is 21.9. The van der Waals surface area contributed by atoms with Crippen molar-refractivity contribution < 1.29 is 4.74 Å². The summed E-state index contributed by atoms with van der Waals surface area (Å²) in [5.41, 5.74) is 15.3. The molecule has 0 amide bonds. The van der Waals surface area contributed by atoms with Gasteiger partial charge in [-0.2, -0.15) is 0 Å². The molecular formula is C47H40OS3. The summed E-state index contributed by atoms with van der Waals surface area (Å²) in [6.45, 7) is 6.27. The second-order valence-electron chi connectivity index (χ2n) is 17.2. The number of hydrogen-bond donors (Lipinski definition) is 0. The zero-order valence-corrected chi connectivity index (χ0v) is 31.7. The molecule has 2 spiro atoms. The molecule has 4 heterocycles. The SMILES string of the molecule is Cc1ccc2c(c1)sc1cc3c(cc12)C1(CCC2CCC2CC1)c1cc2c(cc1-3)sc1cc3c(cc12)C1(CCOC1)c1cc2c(cc1-3)SC(C)C2. The molecule has 1 nitrogen and oxygen atoms in total. The highest BCUT2D eigenvalue weighted by Gasteiger charge is 2.49. The van der Waals surface area contributed by atoms with E-state index >= 15 is 0 Å². The van der Waals surface area contributed by atoms with Crippen molar-refractivity contribution in [3.63, 3.8) is 0 Å². The molecule has 3 fully saturated rings. The summed E-state index contributed by atoms with van der Waals surface area (Å²) in [5.74, 6) is 1.88. The monoisotopic (exact) mass is 716 g/mol. The molecule has 7 aromatic rings. The summed E-state index contributed by atoms with van der Waals surface area (Å²) in [6.07, 6.45) is 10.5. The first-order valence-electron chi connectivity index (χ1n) is 19.4. The van der Waals surface area contributed by atoms with Crippen LogP contribution in [0.2, 0.25) is 0 Å². The van der Waals surface area contributed by atoms with Crippen molar-refractivity contribution in [2.75, 3.05) is 13.2 Å². The highest BCUT2D eigenvalue weighted by Crippen LogP contribution is 2.62. The maximum absolute atomic E-state index is 6.28. The largest absolute Gasteiger partial charge is 0.380 e. The van der Waals surface area contributed by atoms with E-state index in [4.69, 9.17) is 4.74 Å². The maximum Gasteiger partial charge on any atom is 0.0605 e. The van der Waals surface area contributed by atoms with E-state index in [0.29, 0.717) is 5.25 Å². The van der Waals surface area contributed by atoms with Crippen LogP contribution in [0.1, 0.15) is 85.3 Å². The molecule has 2 saturated carbocycles. The number of hydrogen-bond acceptors (Lipinski definition) is 4. The number of benzene rings is 5. The lowest BCUT2D eigenvalue weighted by Gasteiger charge is -2.35. The molecule has 2 aliphatic heterocycles. The summed E-state index contributed by atoms with van der Waals surface area (Å²) in [7, 11) is 0. The summed E-state index contributed by atoms with van der Waals surface area (Å²) in [5, 5.41) is 6.52. The molecule has 6 aliphatic rings. The Hall–Kier alpha value is -3.15. The predicted molar refractivity (Wildman–Crippen MR) is 219 cm³/mol. The van der Waals surface area contributed by atoms with Gasteiger partial charge in [0.25, 0.3) is 0 Å². The van der Waals surface area contributed by atoms with Gasteiger partial charge in [-0.15, -0.1) is 34.4 Å². The molecule has 4 aliphatic carbocycles. The molecule has 13 rings (SSSR count). The number of thioether (sulfide) groups is 1. The Balaban J connectivity index is 1.05. The molecule has 0 N–H and O–H groups in total. The van der Waals surface area contributed by atoms with Crippen LogP contribution in [-0.4, -0.2) is 18.5 Å². The van der Waals surface area contributed by atoms with Crippen LogP contribution in [0.25, 0.3) is 62.6 Å². The van der Waals surface area contributed by atoms with E-state index < -0.39 is 0 Å². The van der Waals surface area contributed by atoms with Gasteiger partial charge in [-0.25, -0.2) is 0 Å². The van der Waals surface area contributed by atoms with Crippen molar-refractivity contribution in [2.45, 2.75) is 86.2 Å². The second-order valence-corrected chi connectivity index (χ2v) is 20.8. The zero-order chi connectivity index (χ0) is 33.4. The van der Waals surface area contributed by atoms with Gasteiger partial charge in [-0.1, -0.05) is 25.1 Å². The molecule has 252 valence electrons. The number of ether oxygens (including phenoxy) is 1. The molecular weight excluding hydrogens is 677 g/mol. The van der Waals surface area contributed by atoms with Gasteiger partial charge in [0.15, 0.2) is 0 Å². The van der Waals surface area contributed by atoms with Gasteiger partial charge in [0, 0.05) is 67.9 Å². The van der Waals surface area contributed by atoms with Crippen molar-refractivity contribution >= 4 is 74.8 Å². The van der Waals surface area contributed by atoms with Crippen LogP contribution < -0.4 is 0 Å². The van der Waals surface area contributed by atoms with Crippen LogP contribution in [0.3, 0.4) is 0 Å². The van der Waals surface area contributed by atoms with Crippen molar-refractivity contribution in [3.8, 4) is 22.3 Å². The predicted octanol–water partition coefficient (Wildman–Crippen LogP) is 13.3. The average molecular weight is 717 g/mol. The van der Waals surface area contributed by atoms with Gasteiger partial charge in [0.05, 0.1) is 6.61 Å². The molecule has 0 radical (unpaired) electrons. The fourth-order valence-electron chi connectivity index (χ4n) is 11.9. The highest BCUT2D eigenvalue weighted by molar-refractivity contribution is 8.00. The third-order valence-electron chi connectivity index (χ3n) is 14.7. The molecule has 1 saturated heterocycles. The number of thiophene rings is 2. The Morgan fingerprint density at radius 3 is 1.76 bits per heavy atom. The summed E-state index contributed by atoms with van der Waals surface area (Å²) >= 11 is 6.08. The molecule has 4 unspecified atom stereocenters. The van der Waals surface area contributed by atoms with Crippen molar-refractivity contribution in [1.82, 2.24) is 0 Å². The standard InChI is InChI=1S/C47H40OS3/c1-24-3-6-29-34-16-38-31(20-43(34)50-42(29)13-24)32-21-44-35(17-39(32)46(38)9-7-26-4-5-27(26)8-10-46)36-18-40-33(22-45(36)51-44)30-19-41-28(14-25(2)49-41)15-37(30)47(40)11-12-48-23-47/h3,6,13,15-22,25-27H,4-5,7-12,14,23H2,1-2H3. The summed E-state index contributed by atoms with van der Waals surface area (Å²) < 4.78 is 12.0. The van der Waals surface area contributed by atoms with E-state index in [9.17, 15) is 0 Å². The lowest BCUT2D eigenvalue weighted by atomic mass is 9.71. The van der Waals surface area contributed by atoms with E-state index in [0.717, 1.165) is 31.5 Å². The minimum atomic E-state index is -0.0134. The molecule has 0 bridgehead atoms. The van der Waals surface area contributed by atoms with E-state index in [1.807, 2.05) is 22.7 Å². The zero-order valence-electron chi connectivity index (χ0n) is 29.3. The second kappa shape index (κ2) is 9.88. The minimum absolute atomic E-state index is 0.0134. The van der Waals surface area contributed by atoms with Gasteiger partial charge < -0.3 is 4.74 Å². The van der Waals surface area contributed by atoms with Gasteiger partial charge in [-0.3, -0.25) is 0 Å². The van der Waals surface area contributed by atoms with E-state index in [1.54, 1.807) is 16.7 Å². The number of rotatable bonds is 0. The van der Waals surface area contributed by atoms with E-state index in [-0.39, 0.29) is 10.8 Å². The van der Waals surface area contributed by atoms with Crippen LogP contribution in [0.4, 0.5) is 0 Å². The van der Waals surface area contributed by atoms with Crippen LogP contribution >= 0.6 is 34.4 Å². The fourth-order valence-corrected chi connectivity index (χ4v) is 15.5. The van der Waals surface area contributed by atoms with Gasteiger partial charge in [0.2, 0.25) is 0 Å². The third kappa shape index (κ3) is 3.69. The van der Waals surface area contributed by atoms with Crippen molar-refractivity contribution in [3.05, 3.63) is 100 Å². The minimum Gasteiger partial charge on any atom is -0.380 e. The Morgan fingerprint density at radius 2 is 1.16 bits per heavy atom. The summed E-state index contributed by atoms with van der Waals surface area (Å²) in [4.78, 5) is 1.50. The lowest BCUT2D eigenvalue weighted by molar-refractivity contribution is 0.165. The molecule has 4 atom stereocenters. The van der Waals surface area contributed by atoms with Crippen molar-refractivity contribution in [1.29, 1.82) is 0 Å². The molecule has 51 heavy (non-hydrogen) atoms.